The maximum Gasteiger partial charge on any atom is 0.303 e. The van der Waals surface area contributed by atoms with Crippen LogP contribution in [0.25, 0.3) is 0 Å². The number of carboxylic acids is 1. The topological polar surface area (TPSA) is 87.5 Å². The molecule has 0 radical (unpaired) electrons. The fourth-order valence-corrected chi connectivity index (χ4v) is 3.33. The summed E-state index contributed by atoms with van der Waals surface area (Å²) in [6.07, 6.45) is 1.01. The van der Waals surface area contributed by atoms with E-state index in [1.54, 1.807) is 0 Å². The summed E-state index contributed by atoms with van der Waals surface area (Å²) in [5.74, 6) is -0.758. The fourth-order valence-electron chi connectivity index (χ4n) is 3.33. The smallest absolute Gasteiger partial charge is 0.303 e. The Morgan fingerprint density at radius 1 is 1.22 bits per heavy atom. The number of nitrogens with one attached hydrogen (secondary N) is 1. The minimum absolute atomic E-state index is 0.00159. The molecule has 1 aromatic heterocycles. The summed E-state index contributed by atoms with van der Waals surface area (Å²) < 4.78 is 1.95. The highest BCUT2D eigenvalue weighted by atomic mass is 16.4. The first-order chi connectivity index (χ1) is 13.0. The van der Waals surface area contributed by atoms with Gasteiger partial charge in [-0.25, -0.2) is 0 Å². The van der Waals surface area contributed by atoms with E-state index in [2.05, 4.69) is 15.3 Å². The third-order valence-electron chi connectivity index (χ3n) is 4.85. The zero-order chi connectivity index (χ0) is 19.2. The Morgan fingerprint density at radius 3 is 2.74 bits per heavy atom. The average molecular weight is 370 g/mol. The first kappa shape index (κ1) is 19.1. The van der Waals surface area contributed by atoms with E-state index in [0.717, 1.165) is 36.6 Å². The molecule has 0 saturated carbocycles. The summed E-state index contributed by atoms with van der Waals surface area (Å²) in [5, 5.41) is 16.3. The maximum absolute atomic E-state index is 12.3. The highest BCUT2D eigenvalue weighted by Crippen LogP contribution is 2.15. The lowest BCUT2D eigenvalue weighted by atomic mass is 10.1. The maximum atomic E-state index is 12.3. The standard InChI is InChI=1S/C20H26N4O3/c1-15(16-5-3-2-4-6-16)21-19(25)9-10-23-11-12-24-18(14-23)13-17(22-24)7-8-20(26)27/h2-6,13,15H,7-12,14H2,1H3,(H,21,25)(H,26,27). The number of amides is 1. The first-order valence-electron chi connectivity index (χ1n) is 9.35. The second-order valence-corrected chi connectivity index (χ2v) is 6.97. The van der Waals surface area contributed by atoms with Gasteiger partial charge in [0.05, 0.1) is 30.4 Å². The number of aromatic nitrogens is 2. The molecule has 1 aromatic carbocycles. The second kappa shape index (κ2) is 8.81. The number of rotatable bonds is 8. The van der Waals surface area contributed by atoms with Crippen molar-refractivity contribution in [3.8, 4) is 0 Å². The molecule has 2 N–H and O–H groups in total. The number of fused-ring (bicyclic) bond motifs is 1. The van der Waals surface area contributed by atoms with Crippen LogP contribution >= 0.6 is 0 Å². The van der Waals surface area contributed by atoms with Gasteiger partial charge >= 0.3 is 5.97 Å². The van der Waals surface area contributed by atoms with Gasteiger partial charge in [-0.15, -0.1) is 0 Å². The SMILES string of the molecule is CC(NC(=O)CCN1CCn2nc(CCC(=O)O)cc2C1)c1ccccc1. The quantitative estimate of drug-likeness (QED) is 0.742. The molecule has 27 heavy (non-hydrogen) atoms. The van der Waals surface area contributed by atoms with Crippen LogP contribution in [0.15, 0.2) is 36.4 Å². The summed E-state index contributed by atoms with van der Waals surface area (Å²) >= 11 is 0. The van der Waals surface area contributed by atoms with E-state index in [0.29, 0.717) is 19.4 Å². The Hall–Kier alpha value is -2.67. The van der Waals surface area contributed by atoms with Gasteiger partial charge in [0.1, 0.15) is 0 Å². The summed E-state index contributed by atoms with van der Waals surface area (Å²) in [6, 6.07) is 11.9. The Labute approximate surface area is 159 Å². The van der Waals surface area contributed by atoms with Gasteiger partial charge < -0.3 is 10.4 Å². The van der Waals surface area contributed by atoms with Crippen LogP contribution < -0.4 is 5.32 Å². The van der Waals surface area contributed by atoms with E-state index >= 15 is 0 Å². The lowest BCUT2D eigenvalue weighted by molar-refractivity contribution is -0.137. The number of carbonyl (C=O) groups excluding carboxylic acids is 1. The van der Waals surface area contributed by atoms with Gasteiger partial charge in [0.15, 0.2) is 0 Å². The first-order valence-corrected chi connectivity index (χ1v) is 9.35. The van der Waals surface area contributed by atoms with Crippen LogP contribution in [0.5, 0.6) is 0 Å². The van der Waals surface area contributed by atoms with Gasteiger partial charge in [-0.3, -0.25) is 19.2 Å². The number of aryl methyl sites for hydroxylation is 1. The summed E-state index contributed by atoms with van der Waals surface area (Å²) in [6.45, 7) is 5.04. The van der Waals surface area contributed by atoms with Crippen LogP contribution in [0.3, 0.4) is 0 Å². The molecular weight excluding hydrogens is 344 g/mol. The number of benzene rings is 1. The molecule has 2 aromatic rings. The van der Waals surface area contributed by atoms with Crippen LogP contribution in [0.2, 0.25) is 0 Å². The van der Waals surface area contributed by atoms with Gasteiger partial charge in [-0.1, -0.05) is 30.3 Å². The molecular formula is C20H26N4O3. The minimum Gasteiger partial charge on any atom is -0.481 e. The van der Waals surface area contributed by atoms with E-state index < -0.39 is 5.97 Å². The number of hydrogen-bond donors (Lipinski definition) is 2. The van der Waals surface area contributed by atoms with E-state index in [9.17, 15) is 9.59 Å². The number of carboxylic acid groups (broad SMARTS) is 1. The molecule has 0 spiro atoms. The molecule has 7 heteroatoms. The van der Waals surface area contributed by atoms with Crippen LogP contribution in [-0.2, 0) is 29.1 Å². The van der Waals surface area contributed by atoms with Crippen molar-refractivity contribution in [2.24, 2.45) is 0 Å². The predicted molar refractivity (Wildman–Crippen MR) is 101 cm³/mol. The highest BCUT2D eigenvalue weighted by Gasteiger charge is 2.19. The summed E-state index contributed by atoms with van der Waals surface area (Å²) in [5.41, 5.74) is 3.00. The van der Waals surface area contributed by atoms with Gasteiger partial charge in [-0.05, 0) is 18.6 Å². The fraction of sp³-hybridized carbons (Fsp3) is 0.450. The summed E-state index contributed by atoms with van der Waals surface area (Å²) in [7, 11) is 0. The van der Waals surface area contributed by atoms with Crippen molar-refractivity contribution >= 4 is 11.9 Å². The number of nitrogens with zero attached hydrogens (tertiary/aromatic N) is 3. The molecule has 1 aliphatic rings. The van der Waals surface area contributed by atoms with E-state index in [4.69, 9.17) is 5.11 Å². The Morgan fingerprint density at radius 2 is 2.00 bits per heavy atom. The Kier molecular flexibility index (Phi) is 6.24. The van der Waals surface area contributed by atoms with Gasteiger partial charge in [0.25, 0.3) is 0 Å². The molecule has 144 valence electrons. The lowest BCUT2D eigenvalue weighted by Gasteiger charge is -2.27. The second-order valence-electron chi connectivity index (χ2n) is 6.97. The number of carbonyl (C=O) groups is 2. The molecule has 1 unspecified atom stereocenters. The molecule has 1 amide bonds. The van der Waals surface area contributed by atoms with E-state index in [1.807, 2.05) is 48.0 Å². The Balaban J connectivity index is 1.45. The molecule has 1 aliphatic heterocycles. The van der Waals surface area contributed by atoms with E-state index in [1.165, 1.54) is 0 Å². The largest absolute Gasteiger partial charge is 0.481 e. The van der Waals surface area contributed by atoms with Gasteiger partial charge in [-0.2, -0.15) is 5.10 Å². The van der Waals surface area contributed by atoms with Crippen LogP contribution in [0.4, 0.5) is 0 Å². The molecule has 7 nitrogen and oxygen atoms in total. The van der Waals surface area contributed by atoms with Crippen molar-refractivity contribution in [3.05, 3.63) is 53.3 Å². The van der Waals surface area contributed by atoms with Crippen LogP contribution in [0.1, 0.15) is 42.8 Å². The van der Waals surface area contributed by atoms with Crippen molar-refractivity contribution in [2.45, 2.75) is 45.3 Å². The van der Waals surface area contributed by atoms with Gasteiger partial charge in [0, 0.05) is 32.5 Å². The van der Waals surface area contributed by atoms with Crippen molar-refractivity contribution in [1.82, 2.24) is 20.0 Å². The molecule has 0 fully saturated rings. The molecule has 2 heterocycles. The third kappa shape index (κ3) is 5.40. The Bertz CT molecular complexity index is 788. The molecule has 0 saturated heterocycles. The van der Waals surface area contributed by atoms with E-state index in [-0.39, 0.29) is 18.4 Å². The monoisotopic (exact) mass is 370 g/mol. The van der Waals surface area contributed by atoms with Crippen LogP contribution in [0, 0.1) is 0 Å². The van der Waals surface area contributed by atoms with Gasteiger partial charge in [0.2, 0.25) is 5.91 Å². The molecule has 1 atom stereocenters. The zero-order valence-corrected chi connectivity index (χ0v) is 15.6. The van der Waals surface area contributed by atoms with Crippen LogP contribution in [-0.4, -0.2) is 44.8 Å². The van der Waals surface area contributed by atoms with Crippen molar-refractivity contribution in [1.29, 1.82) is 0 Å². The predicted octanol–water partition coefficient (Wildman–Crippen LogP) is 1.98. The molecule has 3 rings (SSSR count). The van der Waals surface area contributed by atoms with Crippen molar-refractivity contribution in [3.63, 3.8) is 0 Å². The average Bonchev–Trinajstić information content (AvgIpc) is 3.07. The number of aliphatic carboxylic acids is 1. The summed E-state index contributed by atoms with van der Waals surface area (Å²) in [4.78, 5) is 25.2. The zero-order valence-electron chi connectivity index (χ0n) is 15.6. The lowest BCUT2D eigenvalue weighted by Crippen LogP contribution is -2.37. The number of hydrogen-bond acceptors (Lipinski definition) is 4. The molecule has 0 aliphatic carbocycles. The third-order valence-corrected chi connectivity index (χ3v) is 4.85. The van der Waals surface area contributed by atoms with Crippen molar-refractivity contribution in [2.75, 3.05) is 13.1 Å². The van der Waals surface area contributed by atoms with Crippen molar-refractivity contribution < 1.29 is 14.7 Å². The normalized spacial score (nSPS) is 15.1. The molecule has 0 bridgehead atoms. The highest BCUT2D eigenvalue weighted by molar-refractivity contribution is 5.76. The minimum atomic E-state index is -0.807.